The van der Waals surface area contributed by atoms with Gasteiger partial charge in [-0.1, -0.05) is 30.3 Å². The number of nitrogens with one attached hydrogen (secondary N) is 2. The van der Waals surface area contributed by atoms with E-state index < -0.39 is 0 Å². The van der Waals surface area contributed by atoms with Gasteiger partial charge in [0, 0.05) is 0 Å². The van der Waals surface area contributed by atoms with Crippen LogP contribution in [0.1, 0.15) is 24.1 Å². The van der Waals surface area contributed by atoms with Crippen LogP contribution in [0.15, 0.2) is 84.0 Å². The van der Waals surface area contributed by atoms with Crippen LogP contribution in [-0.4, -0.2) is 11.3 Å². The van der Waals surface area contributed by atoms with Gasteiger partial charge in [-0.3, -0.25) is 5.43 Å². The fraction of sp³-hybridized carbons (Fsp3) is 0.0909. The zero-order chi connectivity index (χ0) is 19.8. The number of halogens is 1. The zero-order valence-corrected chi connectivity index (χ0v) is 16.1. The lowest BCUT2D eigenvalue weighted by Gasteiger charge is -2.15. The molecule has 6 heteroatoms. The van der Waals surface area contributed by atoms with Crippen LogP contribution in [0.25, 0.3) is 0 Å². The Bertz CT molecular complexity index is 928. The van der Waals surface area contributed by atoms with Crippen molar-refractivity contribution in [1.29, 1.82) is 0 Å². The van der Waals surface area contributed by atoms with Gasteiger partial charge in [-0.15, -0.1) is 0 Å². The van der Waals surface area contributed by atoms with E-state index in [-0.39, 0.29) is 11.9 Å². The van der Waals surface area contributed by atoms with Gasteiger partial charge in [0.25, 0.3) is 0 Å². The fourth-order valence-corrected chi connectivity index (χ4v) is 2.71. The highest BCUT2D eigenvalue weighted by Gasteiger charge is 2.05. The molecule has 3 aromatic rings. The quantitative estimate of drug-likeness (QED) is 0.344. The molecule has 28 heavy (non-hydrogen) atoms. The van der Waals surface area contributed by atoms with E-state index >= 15 is 0 Å². The summed E-state index contributed by atoms with van der Waals surface area (Å²) in [5.41, 5.74) is 4.85. The summed E-state index contributed by atoms with van der Waals surface area (Å²) in [6.07, 6.45) is 1.67. The average Bonchev–Trinajstić information content (AvgIpc) is 2.71. The lowest BCUT2D eigenvalue weighted by atomic mass is 10.1. The van der Waals surface area contributed by atoms with Crippen molar-refractivity contribution < 1.29 is 9.13 Å². The maximum Gasteiger partial charge on any atom is 0.187 e. The van der Waals surface area contributed by atoms with Crippen LogP contribution in [0.3, 0.4) is 0 Å². The van der Waals surface area contributed by atoms with E-state index in [1.54, 1.807) is 18.3 Å². The molecule has 142 valence electrons. The van der Waals surface area contributed by atoms with Crippen molar-refractivity contribution in [3.05, 3.63) is 95.8 Å². The Morgan fingerprint density at radius 1 is 0.964 bits per heavy atom. The minimum atomic E-state index is -0.294. The predicted octanol–water partition coefficient (Wildman–Crippen LogP) is 5.18. The lowest BCUT2D eigenvalue weighted by Crippen LogP contribution is -2.34. The number of thiocarbonyl (C=S) groups is 1. The SMILES string of the molecule is C[C@@H](NC(=S)N/N=C/c1ccc(Oc2ccc(F)cc2)cc1)c1ccccc1. The molecule has 2 N–H and O–H groups in total. The molecule has 0 heterocycles. The Morgan fingerprint density at radius 2 is 1.57 bits per heavy atom. The van der Waals surface area contributed by atoms with Crippen molar-refractivity contribution in [2.24, 2.45) is 5.10 Å². The van der Waals surface area contributed by atoms with Gasteiger partial charge >= 0.3 is 0 Å². The fourth-order valence-electron chi connectivity index (χ4n) is 2.48. The average molecular weight is 393 g/mol. The van der Waals surface area contributed by atoms with Crippen molar-refractivity contribution in [3.63, 3.8) is 0 Å². The molecular weight excluding hydrogens is 373 g/mol. The second-order valence-corrected chi connectivity index (χ2v) is 6.51. The van der Waals surface area contributed by atoms with E-state index in [9.17, 15) is 4.39 Å². The molecule has 3 aromatic carbocycles. The summed E-state index contributed by atoms with van der Waals surface area (Å²) in [6.45, 7) is 2.03. The first-order valence-electron chi connectivity index (χ1n) is 8.78. The standard InChI is InChI=1S/C22H20FN3OS/c1-16(18-5-3-2-4-6-18)25-22(28)26-24-15-17-7-11-20(12-8-17)27-21-13-9-19(23)10-14-21/h2-16H,1H3,(H2,25,26,28)/b24-15+/t16-/m1/s1. The number of rotatable bonds is 6. The van der Waals surface area contributed by atoms with Gasteiger partial charge in [-0.25, -0.2) is 4.39 Å². The molecule has 0 aliphatic rings. The third kappa shape index (κ3) is 5.89. The van der Waals surface area contributed by atoms with E-state index in [1.807, 2.05) is 61.5 Å². The van der Waals surface area contributed by atoms with Crippen LogP contribution < -0.4 is 15.5 Å². The summed E-state index contributed by atoms with van der Waals surface area (Å²) in [5, 5.41) is 7.78. The molecule has 0 saturated carbocycles. The molecule has 0 spiro atoms. The van der Waals surface area contributed by atoms with Crippen molar-refractivity contribution in [1.82, 2.24) is 10.7 Å². The molecule has 1 atom stereocenters. The summed E-state index contributed by atoms with van der Waals surface area (Å²) in [5.74, 6) is 0.941. The first-order valence-corrected chi connectivity index (χ1v) is 9.19. The molecule has 0 amide bonds. The largest absolute Gasteiger partial charge is 0.457 e. The first-order chi connectivity index (χ1) is 13.6. The first kappa shape index (κ1) is 19.5. The second kappa shape index (κ2) is 9.62. The van der Waals surface area contributed by atoms with Crippen molar-refractivity contribution in [2.45, 2.75) is 13.0 Å². The number of nitrogens with zero attached hydrogens (tertiary/aromatic N) is 1. The number of hydrazone groups is 1. The Kier molecular flexibility index (Phi) is 6.70. The second-order valence-electron chi connectivity index (χ2n) is 6.10. The number of hydrogen-bond donors (Lipinski definition) is 2. The number of hydrogen-bond acceptors (Lipinski definition) is 3. The lowest BCUT2D eigenvalue weighted by molar-refractivity contribution is 0.480. The maximum absolute atomic E-state index is 12.9. The molecule has 4 nitrogen and oxygen atoms in total. The summed E-state index contributed by atoms with van der Waals surface area (Å²) in [6, 6.07) is 23.4. The minimum absolute atomic E-state index is 0.0827. The summed E-state index contributed by atoms with van der Waals surface area (Å²) in [4.78, 5) is 0. The van der Waals surface area contributed by atoms with Crippen LogP contribution in [0.2, 0.25) is 0 Å². The van der Waals surface area contributed by atoms with Crippen LogP contribution in [0.5, 0.6) is 11.5 Å². The molecule has 0 aliphatic carbocycles. The highest BCUT2D eigenvalue weighted by Crippen LogP contribution is 2.21. The minimum Gasteiger partial charge on any atom is -0.457 e. The van der Waals surface area contributed by atoms with Gasteiger partial charge in [-0.05, 0) is 78.8 Å². The van der Waals surface area contributed by atoms with E-state index in [4.69, 9.17) is 17.0 Å². The molecule has 3 rings (SSSR count). The summed E-state index contributed by atoms with van der Waals surface area (Å²) >= 11 is 5.27. The molecular formula is C22H20FN3OS. The number of ether oxygens (including phenoxy) is 1. The third-order valence-electron chi connectivity index (χ3n) is 3.96. The normalized spacial score (nSPS) is 11.8. The van der Waals surface area contributed by atoms with E-state index in [2.05, 4.69) is 15.8 Å². The van der Waals surface area contributed by atoms with Crippen LogP contribution in [-0.2, 0) is 0 Å². The van der Waals surface area contributed by atoms with Crippen LogP contribution in [0.4, 0.5) is 4.39 Å². The van der Waals surface area contributed by atoms with Gasteiger partial charge in [0.2, 0.25) is 0 Å². The highest BCUT2D eigenvalue weighted by atomic mass is 32.1. The molecule has 0 aliphatic heterocycles. The highest BCUT2D eigenvalue weighted by molar-refractivity contribution is 7.80. The number of benzene rings is 3. The molecule has 0 fully saturated rings. The molecule has 0 bridgehead atoms. The maximum atomic E-state index is 12.9. The molecule has 0 unspecified atom stereocenters. The van der Waals surface area contributed by atoms with Gasteiger partial charge in [0.05, 0.1) is 12.3 Å². The van der Waals surface area contributed by atoms with Gasteiger partial charge < -0.3 is 10.1 Å². The van der Waals surface area contributed by atoms with Gasteiger partial charge in [0.1, 0.15) is 17.3 Å². The summed E-state index contributed by atoms with van der Waals surface area (Å²) in [7, 11) is 0. The smallest absolute Gasteiger partial charge is 0.187 e. The van der Waals surface area contributed by atoms with E-state index in [1.165, 1.54) is 12.1 Å². The van der Waals surface area contributed by atoms with Gasteiger partial charge in [-0.2, -0.15) is 5.10 Å². The zero-order valence-electron chi connectivity index (χ0n) is 15.3. The molecule has 0 aromatic heterocycles. The van der Waals surface area contributed by atoms with E-state index in [0.717, 1.165) is 11.1 Å². The van der Waals surface area contributed by atoms with Crippen LogP contribution >= 0.6 is 12.2 Å². The topological polar surface area (TPSA) is 45.7 Å². The summed E-state index contributed by atoms with van der Waals surface area (Å²) < 4.78 is 18.6. The Hall–Kier alpha value is -3.25. The van der Waals surface area contributed by atoms with E-state index in [0.29, 0.717) is 16.6 Å². The van der Waals surface area contributed by atoms with Crippen molar-refractivity contribution in [3.8, 4) is 11.5 Å². The molecule has 0 saturated heterocycles. The Morgan fingerprint density at radius 3 is 2.21 bits per heavy atom. The Balaban J connectivity index is 1.48. The van der Waals surface area contributed by atoms with Crippen molar-refractivity contribution >= 4 is 23.5 Å². The van der Waals surface area contributed by atoms with Crippen molar-refractivity contribution in [2.75, 3.05) is 0 Å². The van der Waals surface area contributed by atoms with Crippen LogP contribution in [0, 0.1) is 5.82 Å². The molecule has 0 radical (unpaired) electrons. The van der Waals surface area contributed by atoms with Gasteiger partial charge in [0.15, 0.2) is 5.11 Å². The predicted molar refractivity (Wildman–Crippen MR) is 114 cm³/mol. The Labute approximate surface area is 169 Å². The monoisotopic (exact) mass is 393 g/mol. The third-order valence-corrected chi connectivity index (χ3v) is 4.17.